The van der Waals surface area contributed by atoms with Gasteiger partial charge in [-0.05, 0) is 0 Å². The fourth-order valence-corrected chi connectivity index (χ4v) is 0.581. The van der Waals surface area contributed by atoms with Gasteiger partial charge < -0.3 is 0 Å². The topological polar surface area (TPSA) is 3.24 Å². The van der Waals surface area contributed by atoms with Crippen molar-refractivity contribution < 1.29 is 26.4 Å². The van der Waals surface area contributed by atoms with Crippen LogP contribution in [0.25, 0.3) is 0 Å². The van der Waals surface area contributed by atoms with Crippen molar-refractivity contribution in [3.8, 4) is 0 Å². The quantitative estimate of drug-likeness (QED) is 0.311. The van der Waals surface area contributed by atoms with Crippen LogP contribution in [0.3, 0.4) is 0 Å². The molecule has 0 fully saturated rings. The highest BCUT2D eigenvalue weighted by atomic mass is 19.3. The summed E-state index contributed by atoms with van der Waals surface area (Å²) in [5, 5.41) is -1.87. The molecule has 1 rings (SSSR count). The fourth-order valence-electron chi connectivity index (χ4n) is 0.581. The van der Waals surface area contributed by atoms with Crippen LogP contribution in [0, 0.1) is 0 Å². The first-order valence-electron chi connectivity index (χ1n) is 2.42. The maximum absolute atomic E-state index is 11.9. The van der Waals surface area contributed by atoms with E-state index in [2.05, 4.69) is 0 Å². The average Bonchev–Trinajstić information content (AvgIpc) is 2.06. The van der Waals surface area contributed by atoms with Crippen LogP contribution in [0.4, 0.5) is 26.4 Å². The van der Waals surface area contributed by atoms with Crippen LogP contribution in [-0.4, -0.2) is 17.3 Å². The SMILES string of the molecule is FC1=C(F)N(F)C(F)(F)C1F. The van der Waals surface area contributed by atoms with E-state index in [4.69, 9.17) is 0 Å². The Labute approximate surface area is 56.8 Å². The molecule has 0 bridgehead atoms. The fraction of sp³-hybridized carbons (Fsp3) is 0.500. The minimum absolute atomic E-state index is 1.87. The van der Waals surface area contributed by atoms with Gasteiger partial charge in [0.05, 0.1) is 0 Å². The summed E-state index contributed by atoms with van der Waals surface area (Å²) >= 11 is 0. The Kier molecular flexibility index (Phi) is 1.53. The number of halogens is 6. The van der Waals surface area contributed by atoms with E-state index in [-0.39, 0.29) is 0 Å². The molecule has 0 saturated carbocycles. The molecule has 0 spiro atoms. The van der Waals surface area contributed by atoms with Gasteiger partial charge >= 0.3 is 6.05 Å². The van der Waals surface area contributed by atoms with E-state index >= 15 is 0 Å². The van der Waals surface area contributed by atoms with E-state index < -0.39 is 29.1 Å². The smallest absolute Gasteiger partial charge is 0.230 e. The Morgan fingerprint density at radius 2 is 1.73 bits per heavy atom. The molecule has 0 aliphatic carbocycles. The molecule has 0 aromatic rings. The monoisotopic (exact) mass is 177 g/mol. The van der Waals surface area contributed by atoms with Gasteiger partial charge in [0, 0.05) is 0 Å². The van der Waals surface area contributed by atoms with Crippen LogP contribution in [-0.2, 0) is 0 Å². The lowest BCUT2D eigenvalue weighted by Gasteiger charge is -2.15. The van der Waals surface area contributed by atoms with Gasteiger partial charge in [-0.15, -0.1) is 5.12 Å². The second kappa shape index (κ2) is 2.05. The molecule has 1 atom stereocenters. The third-order valence-corrected chi connectivity index (χ3v) is 1.16. The maximum atomic E-state index is 11.9. The number of hydrogen-bond donors (Lipinski definition) is 0. The maximum Gasteiger partial charge on any atom is 0.390 e. The third-order valence-electron chi connectivity index (χ3n) is 1.16. The molecule has 0 saturated heterocycles. The molecular formula is C4HF6N. The summed E-state index contributed by atoms with van der Waals surface area (Å²) in [5.74, 6) is -4.93. The lowest BCUT2D eigenvalue weighted by atomic mass is 10.3. The second-order valence-electron chi connectivity index (χ2n) is 1.87. The van der Waals surface area contributed by atoms with Crippen LogP contribution >= 0.6 is 0 Å². The van der Waals surface area contributed by atoms with E-state index in [1.807, 2.05) is 0 Å². The Morgan fingerprint density at radius 3 is 1.82 bits per heavy atom. The normalized spacial score (nSPS) is 30.0. The van der Waals surface area contributed by atoms with Crippen molar-refractivity contribution in [3.05, 3.63) is 11.8 Å². The molecule has 7 heteroatoms. The van der Waals surface area contributed by atoms with Gasteiger partial charge in [0.25, 0.3) is 5.95 Å². The van der Waals surface area contributed by atoms with Gasteiger partial charge in [0.15, 0.2) is 5.83 Å². The van der Waals surface area contributed by atoms with Crippen molar-refractivity contribution >= 4 is 0 Å². The largest absolute Gasteiger partial charge is 0.390 e. The summed E-state index contributed by atoms with van der Waals surface area (Å²) in [5.41, 5.74) is 0. The van der Waals surface area contributed by atoms with E-state index in [0.717, 1.165) is 0 Å². The van der Waals surface area contributed by atoms with Crippen LogP contribution in [0.2, 0.25) is 0 Å². The number of alkyl halides is 3. The molecule has 1 heterocycles. The lowest BCUT2D eigenvalue weighted by molar-refractivity contribution is -0.233. The molecule has 1 unspecified atom stereocenters. The summed E-state index contributed by atoms with van der Waals surface area (Å²) in [4.78, 5) is 0. The van der Waals surface area contributed by atoms with E-state index in [1.165, 1.54) is 0 Å². The number of rotatable bonds is 0. The van der Waals surface area contributed by atoms with Crippen molar-refractivity contribution in [1.82, 2.24) is 5.12 Å². The van der Waals surface area contributed by atoms with Crippen LogP contribution in [0.1, 0.15) is 0 Å². The molecule has 0 N–H and O–H groups in total. The van der Waals surface area contributed by atoms with Gasteiger partial charge in [-0.1, -0.05) is 4.48 Å². The van der Waals surface area contributed by atoms with E-state index in [9.17, 15) is 26.4 Å². The predicted octanol–water partition coefficient (Wildman–Crippen LogP) is 2.23. The molecule has 1 nitrogen and oxygen atoms in total. The lowest BCUT2D eigenvalue weighted by Crippen LogP contribution is -2.36. The van der Waals surface area contributed by atoms with E-state index in [1.54, 1.807) is 0 Å². The zero-order valence-corrected chi connectivity index (χ0v) is 4.79. The summed E-state index contributed by atoms with van der Waals surface area (Å²) in [6.07, 6.45) is -3.56. The molecule has 1 aliphatic rings. The summed E-state index contributed by atoms with van der Waals surface area (Å²) in [6.45, 7) is 0. The first kappa shape index (κ1) is 8.22. The Hall–Kier alpha value is -0.880. The van der Waals surface area contributed by atoms with Gasteiger partial charge in [-0.3, -0.25) is 0 Å². The minimum Gasteiger partial charge on any atom is -0.230 e. The average molecular weight is 177 g/mol. The molecule has 0 amide bonds. The van der Waals surface area contributed by atoms with Crippen LogP contribution < -0.4 is 0 Å². The molecule has 1 aliphatic heterocycles. The zero-order chi connectivity index (χ0) is 8.81. The number of nitrogens with zero attached hydrogens (tertiary/aromatic N) is 1. The molecule has 0 aromatic heterocycles. The van der Waals surface area contributed by atoms with Gasteiger partial charge in [-0.25, -0.2) is 8.78 Å². The van der Waals surface area contributed by atoms with Crippen molar-refractivity contribution in [2.45, 2.75) is 12.2 Å². The standard InChI is InChI=1S/C4HF6N/c5-1-2(6)4(8,9)11(10)3(1)7/h2H. The van der Waals surface area contributed by atoms with Gasteiger partial charge in [-0.2, -0.15) is 13.2 Å². The first-order chi connectivity index (χ1) is 4.89. The first-order valence-corrected chi connectivity index (χ1v) is 2.42. The molecule has 0 radical (unpaired) electrons. The molecule has 0 aromatic carbocycles. The van der Waals surface area contributed by atoms with Crippen molar-refractivity contribution in [1.29, 1.82) is 0 Å². The van der Waals surface area contributed by atoms with E-state index in [0.29, 0.717) is 0 Å². The Bertz CT molecular complexity index is 191. The summed E-state index contributed by atoms with van der Waals surface area (Å²) < 4.78 is 71.0. The van der Waals surface area contributed by atoms with Gasteiger partial charge in [0.2, 0.25) is 6.17 Å². The molecular weight excluding hydrogens is 176 g/mol. The van der Waals surface area contributed by atoms with Crippen molar-refractivity contribution in [3.63, 3.8) is 0 Å². The highest BCUT2D eigenvalue weighted by Gasteiger charge is 2.59. The van der Waals surface area contributed by atoms with Crippen LogP contribution in [0.15, 0.2) is 11.8 Å². The third kappa shape index (κ3) is 0.865. The highest BCUT2D eigenvalue weighted by Crippen LogP contribution is 2.43. The Balaban J connectivity index is 3.02. The number of hydrogen-bond acceptors (Lipinski definition) is 1. The highest BCUT2D eigenvalue weighted by molar-refractivity contribution is 5.15. The summed E-state index contributed by atoms with van der Waals surface area (Å²) in [7, 11) is 0. The predicted molar refractivity (Wildman–Crippen MR) is 22.0 cm³/mol. The van der Waals surface area contributed by atoms with Crippen LogP contribution in [0.5, 0.6) is 0 Å². The molecule has 11 heavy (non-hydrogen) atoms. The Morgan fingerprint density at radius 1 is 1.27 bits per heavy atom. The van der Waals surface area contributed by atoms with Crippen molar-refractivity contribution in [2.24, 2.45) is 0 Å². The zero-order valence-electron chi connectivity index (χ0n) is 4.79. The molecule has 64 valence electrons. The van der Waals surface area contributed by atoms with Crippen molar-refractivity contribution in [2.75, 3.05) is 0 Å². The summed E-state index contributed by atoms with van der Waals surface area (Å²) in [6, 6.07) is -4.77. The minimum atomic E-state index is -4.77. The second-order valence-corrected chi connectivity index (χ2v) is 1.87. The van der Waals surface area contributed by atoms with Gasteiger partial charge in [0.1, 0.15) is 0 Å².